The number of rotatable bonds is 2. The lowest BCUT2D eigenvalue weighted by Gasteiger charge is -2.09. The molecular weight excluding hydrogens is 269 g/mol. The highest BCUT2D eigenvalue weighted by Gasteiger charge is 2.10. The Labute approximate surface area is 121 Å². The van der Waals surface area contributed by atoms with Gasteiger partial charge in [0.2, 0.25) is 0 Å². The minimum absolute atomic E-state index is 0.283. The van der Waals surface area contributed by atoms with Crippen LogP contribution in [-0.4, -0.2) is 17.1 Å². The summed E-state index contributed by atoms with van der Waals surface area (Å²) in [4.78, 5) is 8.83. The Balaban J connectivity index is 2.20. The Kier molecular flexibility index (Phi) is 3.17. The third-order valence-corrected chi connectivity index (χ3v) is 3.36. The van der Waals surface area contributed by atoms with E-state index in [1.165, 1.54) is 12.1 Å². The van der Waals surface area contributed by atoms with Crippen molar-refractivity contribution in [1.82, 2.24) is 9.97 Å². The van der Waals surface area contributed by atoms with Crippen LogP contribution in [0.2, 0.25) is 0 Å². The van der Waals surface area contributed by atoms with E-state index in [0.29, 0.717) is 17.4 Å². The molecule has 1 aromatic heterocycles. The Morgan fingerprint density at radius 3 is 2.62 bits per heavy atom. The Morgan fingerprint density at radius 2 is 1.90 bits per heavy atom. The third kappa shape index (κ3) is 2.38. The molecule has 3 rings (SSSR count). The number of nitrogens with zero attached hydrogens (tertiary/aromatic N) is 2. The van der Waals surface area contributed by atoms with Crippen LogP contribution in [0.4, 0.5) is 10.2 Å². The predicted molar refractivity (Wildman–Crippen MR) is 80.6 cm³/mol. The first kappa shape index (κ1) is 13.3. The number of fused-ring (bicyclic) bond motifs is 1. The van der Waals surface area contributed by atoms with Crippen molar-refractivity contribution in [2.24, 2.45) is 0 Å². The average molecular weight is 283 g/mol. The molecule has 1 heterocycles. The first-order valence-electron chi connectivity index (χ1n) is 6.46. The maximum absolute atomic E-state index is 13.2. The van der Waals surface area contributed by atoms with E-state index < -0.39 is 0 Å². The number of nitrogens with two attached hydrogens (primary N) is 1. The van der Waals surface area contributed by atoms with E-state index in [0.717, 1.165) is 22.0 Å². The number of benzene rings is 2. The molecule has 4 nitrogen and oxygen atoms in total. The molecule has 5 heteroatoms. The summed E-state index contributed by atoms with van der Waals surface area (Å²) in [6.45, 7) is 1.82. The first-order valence-corrected chi connectivity index (χ1v) is 6.46. The average Bonchev–Trinajstić information content (AvgIpc) is 2.47. The molecule has 0 aliphatic heterocycles. The van der Waals surface area contributed by atoms with E-state index in [1.807, 2.05) is 19.1 Å². The Hall–Kier alpha value is -2.69. The number of hydrogen-bond donors (Lipinski definition) is 1. The van der Waals surface area contributed by atoms with Gasteiger partial charge in [-0.1, -0.05) is 0 Å². The van der Waals surface area contributed by atoms with E-state index in [-0.39, 0.29) is 5.82 Å². The van der Waals surface area contributed by atoms with Gasteiger partial charge in [-0.15, -0.1) is 0 Å². The molecule has 0 fully saturated rings. The topological polar surface area (TPSA) is 61.0 Å². The SMILES string of the molecule is COc1ccc2nc(-c3ccc(F)cc3C)nc(N)c2c1. The molecule has 0 bridgehead atoms. The number of nitrogen functional groups attached to an aromatic ring is 1. The van der Waals surface area contributed by atoms with Crippen molar-refractivity contribution in [3.05, 3.63) is 47.8 Å². The van der Waals surface area contributed by atoms with Gasteiger partial charge < -0.3 is 10.5 Å². The second kappa shape index (κ2) is 5.01. The second-order valence-corrected chi connectivity index (χ2v) is 4.77. The molecule has 21 heavy (non-hydrogen) atoms. The minimum atomic E-state index is -0.283. The summed E-state index contributed by atoms with van der Waals surface area (Å²) >= 11 is 0. The maximum Gasteiger partial charge on any atom is 0.162 e. The van der Waals surface area contributed by atoms with Gasteiger partial charge in [0.1, 0.15) is 17.4 Å². The van der Waals surface area contributed by atoms with Crippen LogP contribution in [0.1, 0.15) is 5.56 Å². The molecular formula is C16H14FN3O. The number of anilines is 1. The zero-order chi connectivity index (χ0) is 15.0. The van der Waals surface area contributed by atoms with Crippen molar-refractivity contribution in [2.45, 2.75) is 6.92 Å². The number of aromatic nitrogens is 2. The molecule has 0 spiro atoms. The number of halogens is 1. The molecule has 0 aliphatic carbocycles. The van der Waals surface area contributed by atoms with Gasteiger partial charge in [0.05, 0.1) is 12.6 Å². The van der Waals surface area contributed by atoms with E-state index >= 15 is 0 Å². The summed E-state index contributed by atoms with van der Waals surface area (Å²) in [6, 6.07) is 9.94. The summed E-state index contributed by atoms with van der Waals surface area (Å²) in [5.74, 6) is 1.28. The van der Waals surface area contributed by atoms with Gasteiger partial charge in [-0.05, 0) is 48.9 Å². The van der Waals surface area contributed by atoms with E-state index in [2.05, 4.69) is 9.97 Å². The summed E-state index contributed by atoms with van der Waals surface area (Å²) < 4.78 is 18.4. The van der Waals surface area contributed by atoms with Gasteiger partial charge in [0.25, 0.3) is 0 Å². The van der Waals surface area contributed by atoms with Crippen LogP contribution in [0.3, 0.4) is 0 Å². The fourth-order valence-electron chi connectivity index (χ4n) is 2.26. The highest BCUT2D eigenvalue weighted by Crippen LogP contribution is 2.28. The summed E-state index contributed by atoms with van der Waals surface area (Å²) in [7, 11) is 1.59. The van der Waals surface area contributed by atoms with Crippen molar-refractivity contribution in [1.29, 1.82) is 0 Å². The molecule has 0 atom stereocenters. The molecule has 0 amide bonds. The molecule has 0 saturated heterocycles. The van der Waals surface area contributed by atoms with Crippen LogP contribution in [0.25, 0.3) is 22.3 Å². The van der Waals surface area contributed by atoms with Gasteiger partial charge in [-0.25, -0.2) is 14.4 Å². The summed E-state index contributed by atoms with van der Waals surface area (Å²) in [5.41, 5.74) is 8.27. The lowest BCUT2D eigenvalue weighted by atomic mass is 10.1. The van der Waals surface area contributed by atoms with Crippen molar-refractivity contribution in [3.63, 3.8) is 0 Å². The molecule has 0 radical (unpaired) electrons. The molecule has 0 unspecified atom stereocenters. The van der Waals surface area contributed by atoms with Crippen molar-refractivity contribution < 1.29 is 9.13 Å². The largest absolute Gasteiger partial charge is 0.497 e. The maximum atomic E-state index is 13.2. The quantitative estimate of drug-likeness (QED) is 0.783. The monoisotopic (exact) mass is 283 g/mol. The highest BCUT2D eigenvalue weighted by molar-refractivity contribution is 5.90. The van der Waals surface area contributed by atoms with Gasteiger partial charge >= 0.3 is 0 Å². The van der Waals surface area contributed by atoms with Crippen LogP contribution < -0.4 is 10.5 Å². The third-order valence-electron chi connectivity index (χ3n) is 3.36. The predicted octanol–water partition coefficient (Wildman–Crippen LogP) is 3.34. The van der Waals surface area contributed by atoms with Crippen molar-refractivity contribution in [2.75, 3.05) is 12.8 Å². The lowest BCUT2D eigenvalue weighted by molar-refractivity contribution is 0.415. The zero-order valence-electron chi connectivity index (χ0n) is 11.7. The van der Waals surface area contributed by atoms with Crippen LogP contribution in [0.5, 0.6) is 5.75 Å². The first-order chi connectivity index (χ1) is 10.1. The fourth-order valence-corrected chi connectivity index (χ4v) is 2.26. The van der Waals surface area contributed by atoms with Crippen molar-refractivity contribution >= 4 is 16.7 Å². The molecule has 0 saturated carbocycles. The van der Waals surface area contributed by atoms with E-state index in [4.69, 9.17) is 10.5 Å². The fraction of sp³-hybridized carbons (Fsp3) is 0.125. The number of methoxy groups -OCH3 is 1. The van der Waals surface area contributed by atoms with Gasteiger partial charge in [0.15, 0.2) is 5.82 Å². The molecule has 3 aromatic rings. The Morgan fingerprint density at radius 1 is 1.10 bits per heavy atom. The zero-order valence-corrected chi connectivity index (χ0v) is 11.7. The van der Waals surface area contributed by atoms with Crippen molar-refractivity contribution in [3.8, 4) is 17.1 Å². The molecule has 2 N–H and O–H groups in total. The van der Waals surface area contributed by atoms with Gasteiger partial charge in [-0.3, -0.25) is 0 Å². The molecule has 0 aliphatic rings. The second-order valence-electron chi connectivity index (χ2n) is 4.77. The highest BCUT2D eigenvalue weighted by atomic mass is 19.1. The number of aryl methyl sites for hydroxylation is 1. The van der Waals surface area contributed by atoms with E-state index in [1.54, 1.807) is 19.2 Å². The van der Waals surface area contributed by atoms with Gasteiger partial charge in [-0.2, -0.15) is 0 Å². The van der Waals surface area contributed by atoms with Gasteiger partial charge in [0, 0.05) is 10.9 Å². The number of hydrogen-bond acceptors (Lipinski definition) is 4. The van der Waals surface area contributed by atoms with E-state index in [9.17, 15) is 4.39 Å². The standard InChI is InChI=1S/C16H14FN3O/c1-9-7-10(17)3-5-12(9)16-19-14-6-4-11(21-2)8-13(14)15(18)20-16/h3-8H,1-2H3,(H2,18,19,20). The molecule has 2 aromatic carbocycles. The normalized spacial score (nSPS) is 10.8. The van der Waals surface area contributed by atoms with Crippen LogP contribution in [0.15, 0.2) is 36.4 Å². The Bertz CT molecular complexity index is 833. The lowest BCUT2D eigenvalue weighted by Crippen LogP contribution is -1.99. The van der Waals surface area contributed by atoms with Crippen LogP contribution in [-0.2, 0) is 0 Å². The molecule has 106 valence electrons. The summed E-state index contributed by atoms with van der Waals surface area (Å²) in [6.07, 6.45) is 0. The van der Waals surface area contributed by atoms with Crippen LogP contribution in [0, 0.1) is 12.7 Å². The summed E-state index contributed by atoms with van der Waals surface area (Å²) in [5, 5.41) is 0.734. The minimum Gasteiger partial charge on any atom is -0.497 e. The van der Waals surface area contributed by atoms with Crippen LogP contribution >= 0.6 is 0 Å². The number of ether oxygens (including phenoxy) is 1. The smallest absolute Gasteiger partial charge is 0.162 e.